The fourth-order valence-corrected chi connectivity index (χ4v) is 8.94. The number of fused-ring (bicyclic) bond motifs is 8. The van der Waals surface area contributed by atoms with Crippen LogP contribution in [-0.4, -0.2) is 19.5 Å². The first-order valence-corrected chi connectivity index (χ1v) is 23.8. The van der Waals surface area contributed by atoms with Crippen molar-refractivity contribution in [3.8, 4) is 0 Å². The van der Waals surface area contributed by atoms with E-state index in [9.17, 15) is 0 Å². The van der Waals surface area contributed by atoms with Gasteiger partial charge in [0.15, 0.2) is 0 Å². The lowest BCUT2D eigenvalue weighted by Gasteiger charge is -2.13. The number of nitrogens with one attached hydrogen (secondary N) is 1. The van der Waals surface area contributed by atoms with Gasteiger partial charge in [-0.15, -0.1) is 0 Å². The molecule has 4 heteroatoms. The smallest absolute Gasteiger partial charge is 0.0690 e. The molecule has 0 radical (unpaired) electrons. The highest BCUT2D eigenvalue weighted by molar-refractivity contribution is 5.83. The maximum atomic E-state index is 5.45. The third kappa shape index (κ3) is 13.6. The van der Waals surface area contributed by atoms with Crippen LogP contribution in [0.15, 0.2) is 30.3 Å². The SMILES string of the molecule is CCCCCCCCc1c(CCCCCCCC)c2c(CCCCCCCC)c3nc(cc4ccc(cc5nc(cc1n2CCCCCCCC)C=C5)[nH]4)C=C3. The van der Waals surface area contributed by atoms with Crippen molar-refractivity contribution in [3.63, 3.8) is 0 Å². The second kappa shape index (κ2) is 25.1. The minimum atomic E-state index is 1.01. The predicted octanol–water partition coefficient (Wildman–Crippen LogP) is 16.2. The summed E-state index contributed by atoms with van der Waals surface area (Å²) >= 11 is 0. The topological polar surface area (TPSA) is 46.5 Å². The molecular weight excluding hydrogens is 681 g/mol. The molecule has 0 amide bonds. The van der Waals surface area contributed by atoms with E-state index in [0.717, 1.165) is 53.9 Å². The lowest BCUT2D eigenvalue weighted by Crippen LogP contribution is -2.03. The quantitative estimate of drug-likeness (QED) is 0.0516. The molecule has 0 saturated carbocycles. The Balaban J connectivity index is 1.73. The maximum absolute atomic E-state index is 5.45. The van der Waals surface area contributed by atoms with Gasteiger partial charge >= 0.3 is 0 Å². The van der Waals surface area contributed by atoms with Crippen LogP contribution in [0, 0.1) is 0 Å². The minimum absolute atomic E-state index is 1.01. The van der Waals surface area contributed by atoms with Gasteiger partial charge in [0.25, 0.3) is 0 Å². The molecular formula is C52H78N4. The highest BCUT2D eigenvalue weighted by atomic mass is 15.0. The summed E-state index contributed by atoms with van der Waals surface area (Å²) in [4.78, 5) is 14.3. The number of rotatable bonds is 28. The van der Waals surface area contributed by atoms with Crippen LogP contribution >= 0.6 is 0 Å². The van der Waals surface area contributed by atoms with Crippen molar-refractivity contribution in [2.24, 2.45) is 0 Å². The molecule has 2 aliphatic heterocycles. The lowest BCUT2D eigenvalue weighted by atomic mass is 9.95. The van der Waals surface area contributed by atoms with Crippen molar-refractivity contribution >= 4 is 46.4 Å². The molecule has 2 aliphatic rings. The fourth-order valence-electron chi connectivity index (χ4n) is 8.94. The summed E-state index contributed by atoms with van der Waals surface area (Å²) in [7, 11) is 0. The molecule has 0 unspecified atom stereocenters. The average Bonchev–Trinajstić information content (AvgIpc) is 4.01. The predicted molar refractivity (Wildman–Crippen MR) is 247 cm³/mol. The molecule has 0 spiro atoms. The molecule has 5 heterocycles. The molecule has 0 saturated heterocycles. The van der Waals surface area contributed by atoms with E-state index in [0.29, 0.717) is 0 Å². The summed E-state index contributed by atoms with van der Waals surface area (Å²) in [5.41, 5.74) is 14.2. The van der Waals surface area contributed by atoms with Crippen molar-refractivity contribution in [1.29, 1.82) is 0 Å². The largest absolute Gasteiger partial charge is 0.355 e. The Kier molecular flexibility index (Phi) is 19.6. The van der Waals surface area contributed by atoms with Gasteiger partial charge in [0.05, 0.1) is 28.3 Å². The second-order valence-electron chi connectivity index (χ2n) is 17.0. The van der Waals surface area contributed by atoms with Crippen LogP contribution < -0.4 is 0 Å². The van der Waals surface area contributed by atoms with Gasteiger partial charge in [0.1, 0.15) is 0 Å². The number of hydrogen-bond acceptors (Lipinski definition) is 2. The molecule has 4 nitrogen and oxygen atoms in total. The zero-order chi connectivity index (χ0) is 39.2. The lowest BCUT2D eigenvalue weighted by molar-refractivity contribution is 0.568. The molecule has 3 aromatic rings. The van der Waals surface area contributed by atoms with Crippen LogP contribution in [0.3, 0.4) is 0 Å². The molecule has 306 valence electrons. The monoisotopic (exact) mass is 759 g/mol. The molecule has 0 atom stereocenters. The highest BCUT2D eigenvalue weighted by Gasteiger charge is 2.21. The van der Waals surface area contributed by atoms with Gasteiger partial charge in [-0.2, -0.15) is 0 Å². The minimum Gasteiger partial charge on any atom is -0.355 e. The summed E-state index contributed by atoms with van der Waals surface area (Å²) in [6, 6.07) is 11.2. The van der Waals surface area contributed by atoms with E-state index in [-0.39, 0.29) is 0 Å². The van der Waals surface area contributed by atoms with Crippen LogP contribution in [0.4, 0.5) is 0 Å². The number of H-pyrrole nitrogens is 1. The van der Waals surface area contributed by atoms with E-state index < -0.39 is 0 Å². The van der Waals surface area contributed by atoms with E-state index in [4.69, 9.17) is 9.97 Å². The number of aromatic nitrogens is 4. The Morgan fingerprint density at radius 3 is 1.41 bits per heavy atom. The van der Waals surface area contributed by atoms with Crippen molar-refractivity contribution in [2.45, 2.75) is 208 Å². The molecule has 0 aliphatic carbocycles. The van der Waals surface area contributed by atoms with E-state index in [1.807, 2.05) is 0 Å². The first-order valence-electron chi connectivity index (χ1n) is 23.8. The van der Waals surface area contributed by atoms with Crippen LogP contribution in [0.5, 0.6) is 0 Å². The Labute approximate surface area is 342 Å². The summed E-state index contributed by atoms with van der Waals surface area (Å²) in [6.07, 6.45) is 44.0. The van der Waals surface area contributed by atoms with Gasteiger partial charge in [-0.05, 0) is 111 Å². The maximum Gasteiger partial charge on any atom is 0.0690 e. The second-order valence-corrected chi connectivity index (χ2v) is 17.0. The Morgan fingerprint density at radius 2 is 0.857 bits per heavy atom. The highest BCUT2D eigenvalue weighted by Crippen LogP contribution is 2.35. The number of nitrogens with zero attached hydrogens (tertiary/aromatic N) is 3. The number of aryl methyl sites for hydroxylation is 4. The molecule has 0 fully saturated rings. The van der Waals surface area contributed by atoms with Crippen LogP contribution in [-0.2, 0) is 25.8 Å². The third-order valence-electron chi connectivity index (χ3n) is 12.2. The van der Waals surface area contributed by atoms with E-state index in [1.54, 1.807) is 11.1 Å². The van der Waals surface area contributed by atoms with Crippen molar-refractivity contribution < 1.29 is 0 Å². The Hall–Kier alpha value is -3.40. The zero-order valence-electron chi connectivity index (χ0n) is 36.3. The van der Waals surface area contributed by atoms with Crippen molar-refractivity contribution in [3.05, 3.63) is 69.8 Å². The summed E-state index contributed by atoms with van der Waals surface area (Å²) < 4.78 is 2.81. The van der Waals surface area contributed by atoms with Crippen LogP contribution in [0.1, 0.15) is 221 Å². The summed E-state index contributed by atoms with van der Waals surface area (Å²) in [5, 5.41) is 0. The number of hydrogen-bond donors (Lipinski definition) is 1. The van der Waals surface area contributed by atoms with Gasteiger partial charge in [-0.1, -0.05) is 156 Å². The first kappa shape index (κ1) is 43.7. The van der Waals surface area contributed by atoms with Gasteiger partial charge in [-0.25, -0.2) is 9.97 Å². The standard InChI is InChI=1S/C52H78N4/c1-5-9-13-17-21-25-29-47-48(30-26-22-18-14-10-6-2)52-49(31-27-23-19-15-11-7-3)50-37-36-45(55-50)40-44-33-32-42(53-44)39-43-34-35-46(54-43)41-51(47)56(52)38-28-24-20-16-12-8-4/h32-37,39-41,53H,5-31,38H2,1-4H3. The van der Waals surface area contributed by atoms with Gasteiger partial charge in [-0.3, -0.25) is 0 Å². The number of aromatic amines is 1. The van der Waals surface area contributed by atoms with Crippen molar-refractivity contribution in [2.75, 3.05) is 0 Å². The summed E-state index contributed by atoms with van der Waals surface area (Å²) in [5.74, 6) is 0. The van der Waals surface area contributed by atoms with E-state index in [1.165, 1.54) is 176 Å². The van der Waals surface area contributed by atoms with Crippen molar-refractivity contribution in [1.82, 2.24) is 19.5 Å². The fraction of sp³-hybridized carbons (Fsp3) is 0.615. The van der Waals surface area contributed by atoms with Crippen LogP contribution in [0.25, 0.3) is 46.4 Å². The molecule has 1 N–H and O–H groups in total. The van der Waals surface area contributed by atoms with Gasteiger partial charge in [0, 0.05) is 28.7 Å². The normalized spacial score (nSPS) is 12.4. The van der Waals surface area contributed by atoms with E-state index in [2.05, 4.69) is 91.9 Å². The summed E-state index contributed by atoms with van der Waals surface area (Å²) in [6.45, 7) is 10.4. The molecule has 56 heavy (non-hydrogen) atoms. The molecule has 3 aromatic heterocycles. The average molecular weight is 759 g/mol. The van der Waals surface area contributed by atoms with Gasteiger partial charge in [0.2, 0.25) is 0 Å². The Morgan fingerprint density at radius 1 is 0.429 bits per heavy atom. The molecule has 5 rings (SSSR count). The Bertz CT molecular complexity index is 1820. The van der Waals surface area contributed by atoms with Gasteiger partial charge < -0.3 is 9.55 Å². The zero-order valence-corrected chi connectivity index (χ0v) is 36.3. The molecule has 8 bridgehead atoms. The molecule has 0 aromatic carbocycles. The third-order valence-corrected chi connectivity index (χ3v) is 12.2. The van der Waals surface area contributed by atoms with E-state index >= 15 is 0 Å². The van der Waals surface area contributed by atoms with Crippen LogP contribution in [0.2, 0.25) is 0 Å². The first-order chi connectivity index (χ1) is 27.6. The number of unbranched alkanes of at least 4 members (excludes halogenated alkanes) is 20.